The first-order valence-corrected chi connectivity index (χ1v) is 6.10. The first kappa shape index (κ1) is 13.3. The molecule has 19 heavy (non-hydrogen) atoms. The Kier molecular flexibility index (Phi) is 3.64. The Hall–Kier alpha value is -2.18. The van der Waals surface area contributed by atoms with E-state index in [-0.39, 0.29) is 11.6 Å². The predicted molar refractivity (Wildman–Crippen MR) is 68.1 cm³/mol. The minimum atomic E-state index is -0.946. The molecule has 0 aromatic carbocycles. The van der Waals surface area contributed by atoms with Crippen molar-refractivity contribution in [3.63, 3.8) is 0 Å². The molecule has 2 atom stereocenters. The van der Waals surface area contributed by atoms with Crippen LogP contribution in [0.5, 0.6) is 0 Å². The van der Waals surface area contributed by atoms with Gasteiger partial charge in [0.15, 0.2) is 0 Å². The number of aliphatic carboxylic acids is 1. The normalized spacial score (nSPS) is 23.1. The van der Waals surface area contributed by atoms with E-state index < -0.39 is 16.9 Å². The van der Waals surface area contributed by atoms with E-state index in [1.807, 2.05) is 6.92 Å². The average molecular weight is 265 g/mol. The molecule has 1 fully saturated rings. The van der Waals surface area contributed by atoms with Crippen LogP contribution in [0.25, 0.3) is 0 Å². The molecule has 0 aliphatic carbocycles. The second kappa shape index (κ2) is 5.21. The van der Waals surface area contributed by atoms with Gasteiger partial charge in [0.2, 0.25) is 0 Å². The van der Waals surface area contributed by atoms with Crippen molar-refractivity contribution in [3.05, 3.63) is 28.6 Å². The Labute approximate surface area is 110 Å². The highest BCUT2D eigenvalue weighted by Gasteiger charge is 2.36. The zero-order valence-electron chi connectivity index (χ0n) is 10.5. The molecule has 7 nitrogen and oxygen atoms in total. The maximum atomic E-state index is 11.4. The van der Waals surface area contributed by atoms with Crippen molar-refractivity contribution in [3.8, 4) is 0 Å². The van der Waals surface area contributed by atoms with Gasteiger partial charge in [0.1, 0.15) is 17.9 Å². The molecule has 1 aromatic heterocycles. The first-order chi connectivity index (χ1) is 9.02. The molecule has 0 bridgehead atoms. The molecule has 2 heterocycles. The van der Waals surface area contributed by atoms with E-state index in [1.54, 1.807) is 4.90 Å². The average Bonchev–Trinajstić information content (AvgIpc) is 2.37. The number of nitrogens with zero attached hydrogens (tertiary/aromatic N) is 3. The molecule has 7 heteroatoms. The number of carboxylic acid groups (broad SMARTS) is 1. The van der Waals surface area contributed by atoms with Crippen LogP contribution in [0.4, 0.5) is 11.4 Å². The zero-order chi connectivity index (χ0) is 14.0. The number of carbonyl (C=O) groups is 1. The summed E-state index contributed by atoms with van der Waals surface area (Å²) in [7, 11) is 0. The quantitative estimate of drug-likeness (QED) is 0.659. The Morgan fingerprint density at radius 2 is 2.37 bits per heavy atom. The fourth-order valence-electron chi connectivity index (χ4n) is 2.60. The third kappa shape index (κ3) is 2.49. The van der Waals surface area contributed by atoms with Crippen molar-refractivity contribution in [2.24, 2.45) is 5.92 Å². The molecular formula is C12H15N3O4. The summed E-state index contributed by atoms with van der Waals surface area (Å²) in [4.78, 5) is 27.2. The van der Waals surface area contributed by atoms with Gasteiger partial charge in [-0.1, -0.05) is 6.92 Å². The van der Waals surface area contributed by atoms with Crippen molar-refractivity contribution in [1.82, 2.24) is 4.98 Å². The van der Waals surface area contributed by atoms with Gasteiger partial charge in [-0.15, -0.1) is 0 Å². The highest BCUT2D eigenvalue weighted by molar-refractivity contribution is 5.80. The van der Waals surface area contributed by atoms with Crippen LogP contribution in [-0.4, -0.2) is 33.6 Å². The highest BCUT2D eigenvalue weighted by Crippen LogP contribution is 2.34. The predicted octanol–water partition coefficient (Wildman–Crippen LogP) is 1.68. The Morgan fingerprint density at radius 1 is 1.63 bits per heavy atom. The lowest BCUT2D eigenvalue weighted by atomic mass is 9.90. The summed E-state index contributed by atoms with van der Waals surface area (Å²) in [5.74, 6) is -0.989. The Bertz CT molecular complexity index is 506. The van der Waals surface area contributed by atoms with Crippen LogP contribution in [0.15, 0.2) is 18.5 Å². The maximum absolute atomic E-state index is 11.4. The number of aromatic nitrogens is 1. The van der Waals surface area contributed by atoms with E-state index in [2.05, 4.69) is 4.98 Å². The lowest BCUT2D eigenvalue weighted by molar-refractivity contribution is -0.384. The smallest absolute Gasteiger partial charge is 0.326 e. The van der Waals surface area contributed by atoms with Crippen LogP contribution in [-0.2, 0) is 4.79 Å². The van der Waals surface area contributed by atoms with Gasteiger partial charge in [-0.2, -0.15) is 0 Å². The minimum absolute atomic E-state index is 0.0426. The number of piperidine rings is 1. The Balaban J connectivity index is 2.44. The van der Waals surface area contributed by atoms with E-state index in [0.717, 1.165) is 19.0 Å². The van der Waals surface area contributed by atoms with Crippen LogP contribution < -0.4 is 4.90 Å². The molecule has 0 radical (unpaired) electrons. The second-order valence-corrected chi connectivity index (χ2v) is 4.72. The SMILES string of the molecule is CC1CCCN(c2ccncc2[N+](=O)[O-])C1C(=O)O. The van der Waals surface area contributed by atoms with Crippen molar-refractivity contribution in [2.45, 2.75) is 25.8 Å². The van der Waals surface area contributed by atoms with E-state index in [1.165, 1.54) is 12.3 Å². The summed E-state index contributed by atoms with van der Waals surface area (Å²) in [6.07, 6.45) is 4.24. The molecule has 1 aromatic rings. The van der Waals surface area contributed by atoms with Gasteiger partial charge in [-0.25, -0.2) is 4.79 Å². The lowest BCUT2D eigenvalue weighted by Crippen LogP contribution is -2.49. The molecule has 0 amide bonds. The third-order valence-corrected chi connectivity index (χ3v) is 3.47. The number of rotatable bonds is 3. The fraction of sp³-hybridized carbons (Fsp3) is 0.500. The van der Waals surface area contributed by atoms with Gasteiger partial charge in [-0.3, -0.25) is 15.1 Å². The van der Waals surface area contributed by atoms with Gasteiger partial charge in [0.25, 0.3) is 0 Å². The second-order valence-electron chi connectivity index (χ2n) is 4.72. The summed E-state index contributed by atoms with van der Waals surface area (Å²) in [5.41, 5.74) is 0.182. The van der Waals surface area contributed by atoms with Gasteiger partial charge >= 0.3 is 11.7 Å². The zero-order valence-corrected chi connectivity index (χ0v) is 10.5. The van der Waals surface area contributed by atoms with E-state index in [4.69, 9.17) is 0 Å². The Morgan fingerprint density at radius 3 is 3.00 bits per heavy atom. The van der Waals surface area contributed by atoms with Crippen molar-refractivity contribution >= 4 is 17.3 Å². The molecule has 1 saturated heterocycles. The molecule has 2 unspecified atom stereocenters. The summed E-state index contributed by atoms with van der Waals surface area (Å²) >= 11 is 0. The molecule has 1 aliphatic heterocycles. The monoisotopic (exact) mass is 265 g/mol. The molecule has 1 N–H and O–H groups in total. The van der Waals surface area contributed by atoms with Crippen LogP contribution in [0.3, 0.4) is 0 Å². The number of carboxylic acids is 1. The number of hydrogen-bond acceptors (Lipinski definition) is 5. The maximum Gasteiger partial charge on any atom is 0.326 e. The third-order valence-electron chi connectivity index (χ3n) is 3.47. The van der Waals surface area contributed by atoms with Crippen LogP contribution in [0, 0.1) is 16.0 Å². The van der Waals surface area contributed by atoms with Gasteiger partial charge in [0.05, 0.1) is 4.92 Å². The number of hydrogen-bond donors (Lipinski definition) is 1. The first-order valence-electron chi connectivity index (χ1n) is 6.10. The van der Waals surface area contributed by atoms with Gasteiger partial charge in [0, 0.05) is 12.7 Å². The van der Waals surface area contributed by atoms with Crippen LogP contribution in [0.2, 0.25) is 0 Å². The number of pyridine rings is 1. The molecule has 0 saturated carbocycles. The summed E-state index contributed by atoms with van der Waals surface area (Å²) < 4.78 is 0. The van der Waals surface area contributed by atoms with E-state index in [9.17, 15) is 20.0 Å². The molecule has 2 rings (SSSR count). The highest BCUT2D eigenvalue weighted by atomic mass is 16.6. The lowest BCUT2D eigenvalue weighted by Gasteiger charge is -2.38. The molecule has 0 spiro atoms. The van der Waals surface area contributed by atoms with Crippen molar-refractivity contribution in [2.75, 3.05) is 11.4 Å². The van der Waals surface area contributed by atoms with Crippen molar-refractivity contribution < 1.29 is 14.8 Å². The fourth-order valence-corrected chi connectivity index (χ4v) is 2.60. The number of nitro groups is 1. The van der Waals surface area contributed by atoms with Gasteiger partial charge < -0.3 is 10.0 Å². The molecular weight excluding hydrogens is 250 g/mol. The van der Waals surface area contributed by atoms with E-state index >= 15 is 0 Å². The molecule has 1 aliphatic rings. The topological polar surface area (TPSA) is 96.6 Å². The van der Waals surface area contributed by atoms with Gasteiger partial charge in [-0.05, 0) is 24.8 Å². The summed E-state index contributed by atoms with van der Waals surface area (Å²) in [5, 5.41) is 20.4. The largest absolute Gasteiger partial charge is 0.480 e. The van der Waals surface area contributed by atoms with E-state index in [0.29, 0.717) is 12.2 Å². The summed E-state index contributed by atoms with van der Waals surface area (Å²) in [6, 6.07) is 0.779. The van der Waals surface area contributed by atoms with Crippen molar-refractivity contribution in [1.29, 1.82) is 0 Å². The van der Waals surface area contributed by atoms with Crippen LogP contribution >= 0.6 is 0 Å². The summed E-state index contributed by atoms with van der Waals surface area (Å²) in [6.45, 7) is 2.37. The minimum Gasteiger partial charge on any atom is -0.480 e. The standard InChI is InChI=1S/C12H15N3O4/c1-8-3-2-6-14(11(8)12(16)17)9-4-5-13-7-10(9)15(18)19/h4-5,7-8,11H,2-3,6H2,1H3,(H,16,17). The number of anilines is 1. The van der Waals surface area contributed by atoms with Crippen LogP contribution in [0.1, 0.15) is 19.8 Å². The molecule has 102 valence electrons.